The summed E-state index contributed by atoms with van der Waals surface area (Å²) in [7, 11) is 1.68. The molecule has 0 saturated carbocycles. The summed E-state index contributed by atoms with van der Waals surface area (Å²) in [5, 5.41) is 0.974. The van der Waals surface area contributed by atoms with E-state index >= 15 is 0 Å². The highest BCUT2D eigenvalue weighted by Crippen LogP contribution is 2.20. The van der Waals surface area contributed by atoms with Gasteiger partial charge >= 0.3 is 0 Å². The van der Waals surface area contributed by atoms with Gasteiger partial charge in [0.25, 0.3) is 0 Å². The van der Waals surface area contributed by atoms with Crippen molar-refractivity contribution in [1.82, 2.24) is 4.98 Å². The first-order valence-electron chi connectivity index (χ1n) is 4.54. The van der Waals surface area contributed by atoms with E-state index in [4.69, 9.17) is 4.74 Å². The Morgan fingerprint density at radius 3 is 2.71 bits per heavy atom. The molecule has 0 spiro atoms. The Labute approximate surface area is 88.1 Å². The second kappa shape index (κ2) is 4.66. The van der Waals surface area contributed by atoms with Crippen molar-refractivity contribution in [2.75, 3.05) is 7.11 Å². The van der Waals surface area contributed by atoms with Crippen molar-refractivity contribution >= 4 is 17.1 Å². The molecule has 1 rings (SSSR count). The summed E-state index contributed by atoms with van der Waals surface area (Å²) in [5.74, 6) is 0.0938. The van der Waals surface area contributed by atoms with Gasteiger partial charge in [0, 0.05) is 20.5 Å². The van der Waals surface area contributed by atoms with Gasteiger partial charge < -0.3 is 4.74 Å². The molecule has 0 aromatic carbocycles. The number of nitrogens with zero attached hydrogens (tertiary/aromatic N) is 1. The van der Waals surface area contributed by atoms with Crippen LogP contribution in [0.25, 0.3) is 0 Å². The number of carbonyl (C=O) groups is 1. The molecule has 0 amide bonds. The lowest BCUT2D eigenvalue weighted by atomic mass is 10.3. The molecule has 1 atom stereocenters. The van der Waals surface area contributed by atoms with Gasteiger partial charge in [-0.15, -0.1) is 11.3 Å². The van der Waals surface area contributed by atoms with Crippen molar-refractivity contribution in [3.63, 3.8) is 0 Å². The number of thiazole rings is 1. The van der Waals surface area contributed by atoms with E-state index in [0.29, 0.717) is 0 Å². The number of rotatable bonds is 4. The average molecular weight is 213 g/mol. The van der Waals surface area contributed by atoms with E-state index in [-0.39, 0.29) is 11.9 Å². The van der Waals surface area contributed by atoms with E-state index in [2.05, 4.69) is 4.98 Å². The molecule has 1 unspecified atom stereocenters. The molecular formula is C10H15NO2S. The fourth-order valence-electron chi connectivity index (χ4n) is 1.20. The van der Waals surface area contributed by atoms with Gasteiger partial charge in [-0.2, -0.15) is 0 Å². The lowest BCUT2D eigenvalue weighted by Crippen LogP contribution is -2.07. The molecule has 0 fully saturated rings. The molecule has 0 aliphatic carbocycles. The topological polar surface area (TPSA) is 39.2 Å². The normalized spacial score (nSPS) is 12.9. The highest BCUT2D eigenvalue weighted by molar-refractivity contribution is 7.13. The number of hydrogen-bond acceptors (Lipinski definition) is 4. The zero-order valence-corrected chi connectivity index (χ0v) is 9.77. The molecule has 0 N–H and O–H groups in total. The number of ketones is 1. The molecule has 0 aliphatic rings. The van der Waals surface area contributed by atoms with E-state index in [0.717, 1.165) is 22.0 Å². The summed E-state index contributed by atoms with van der Waals surface area (Å²) in [6, 6.07) is 0. The number of carbonyl (C=O) groups excluding carboxylic acids is 1. The van der Waals surface area contributed by atoms with Crippen LogP contribution in [0.3, 0.4) is 0 Å². The molecule has 0 aliphatic heterocycles. The average Bonchev–Trinajstić information content (AvgIpc) is 2.46. The Hall–Kier alpha value is -0.740. The largest absolute Gasteiger partial charge is 0.381 e. The second-order valence-electron chi connectivity index (χ2n) is 3.33. The van der Waals surface area contributed by atoms with E-state index < -0.39 is 0 Å². The number of methoxy groups -OCH3 is 1. The SMILES string of the molecule is COC(C)Cc1nc(C)c(C(C)=O)s1. The van der Waals surface area contributed by atoms with E-state index in [1.807, 2.05) is 13.8 Å². The molecule has 1 heterocycles. The Morgan fingerprint density at radius 2 is 2.29 bits per heavy atom. The van der Waals surface area contributed by atoms with Crippen LogP contribution in [0.2, 0.25) is 0 Å². The minimum Gasteiger partial charge on any atom is -0.381 e. The maximum atomic E-state index is 11.2. The van der Waals surface area contributed by atoms with Gasteiger partial charge in [-0.05, 0) is 13.8 Å². The summed E-state index contributed by atoms with van der Waals surface area (Å²) >= 11 is 1.47. The van der Waals surface area contributed by atoms with Gasteiger partial charge in [0.15, 0.2) is 5.78 Å². The Bertz CT molecular complexity index is 333. The quantitative estimate of drug-likeness (QED) is 0.720. The number of hydrogen-bond donors (Lipinski definition) is 0. The van der Waals surface area contributed by atoms with Crippen LogP contribution in [-0.4, -0.2) is 24.0 Å². The molecule has 14 heavy (non-hydrogen) atoms. The van der Waals surface area contributed by atoms with E-state index in [9.17, 15) is 4.79 Å². The van der Waals surface area contributed by atoms with E-state index in [1.165, 1.54) is 11.3 Å². The van der Waals surface area contributed by atoms with Crippen molar-refractivity contribution < 1.29 is 9.53 Å². The highest BCUT2D eigenvalue weighted by atomic mass is 32.1. The third kappa shape index (κ3) is 2.62. The van der Waals surface area contributed by atoms with Crippen LogP contribution in [-0.2, 0) is 11.2 Å². The molecule has 1 aromatic rings. The minimum atomic E-state index is 0.0938. The van der Waals surface area contributed by atoms with Gasteiger partial charge in [-0.1, -0.05) is 0 Å². The summed E-state index contributed by atoms with van der Waals surface area (Å²) in [5.41, 5.74) is 0.834. The van der Waals surface area contributed by atoms with Gasteiger partial charge in [-0.3, -0.25) is 4.79 Å². The second-order valence-corrected chi connectivity index (χ2v) is 4.41. The number of aromatic nitrogens is 1. The molecule has 4 heteroatoms. The van der Waals surface area contributed by atoms with Crippen molar-refractivity contribution in [3.05, 3.63) is 15.6 Å². The molecule has 3 nitrogen and oxygen atoms in total. The number of Topliss-reactive ketones (excluding diaryl/α,β-unsaturated/α-hetero) is 1. The molecule has 1 aromatic heterocycles. The minimum absolute atomic E-state index is 0.0938. The Kier molecular flexibility index (Phi) is 3.77. The lowest BCUT2D eigenvalue weighted by Gasteiger charge is -2.05. The third-order valence-corrected chi connectivity index (χ3v) is 3.31. The van der Waals surface area contributed by atoms with Crippen molar-refractivity contribution in [1.29, 1.82) is 0 Å². The predicted molar refractivity (Wildman–Crippen MR) is 57.0 cm³/mol. The first-order valence-corrected chi connectivity index (χ1v) is 5.36. The maximum Gasteiger partial charge on any atom is 0.171 e. The smallest absolute Gasteiger partial charge is 0.171 e. The molecule has 0 saturated heterocycles. The first-order chi connectivity index (χ1) is 6.54. The van der Waals surface area contributed by atoms with Crippen molar-refractivity contribution in [3.8, 4) is 0 Å². The van der Waals surface area contributed by atoms with Crippen LogP contribution in [0.5, 0.6) is 0 Å². The zero-order chi connectivity index (χ0) is 10.7. The fraction of sp³-hybridized carbons (Fsp3) is 0.600. The lowest BCUT2D eigenvalue weighted by molar-refractivity contribution is 0.102. The summed E-state index contributed by atoms with van der Waals surface area (Å²) < 4.78 is 5.15. The Balaban J connectivity index is 2.81. The first kappa shape index (κ1) is 11.3. The van der Waals surface area contributed by atoms with Crippen LogP contribution in [0.15, 0.2) is 0 Å². The zero-order valence-electron chi connectivity index (χ0n) is 8.96. The summed E-state index contributed by atoms with van der Waals surface area (Å²) in [6.07, 6.45) is 0.926. The van der Waals surface area contributed by atoms with E-state index in [1.54, 1.807) is 14.0 Å². The third-order valence-electron chi connectivity index (χ3n) is 2.03. The predicted octanol–water partition coefficient (Wildman–Crippen LogP) is 2.23. The van der Waals surface area contributed by atoms with Gasteiger partial charge in [0.1, 0.15) is 0 Å². The summed E-state index contributed by atoms with van der Waals surface area (Å²) in [4.78, 5) is 16.3. The summed E-state index contributed by atoms with van der Waals surface area (Å²) in [6.45, 7) is 5.43. The van der Waals surface area contributed by atoms with Crippen molar-refractivity contribution in [2.24, 2.45) is 0 Å². The van der Waals surface area contributed by atoms with Crippen molar-refractivity contribution in [2.45, 2.75) is 33.3 Å². The Morgan fingerprint density at radius 1 is 1.64 bits per heavy atom. The standard InChI is InChI=1S/C10H15NO2S/c1-6(13-4)5-9-11-7(2)10(14-9)8(3)12/h6H,5H2,1-4H3. The van der Waals surface area contributed by atoms with Crippen LogP contribution >= 0.6 is 11.3 Å². The molecular weight excluding hydrogens is 198 g/mol. The van der Waals surface area contributed by atoms with Gasteiger partial charge in [-0.25, -0.2) is 4.98 Å². The van der Waals surface area contributed by atoms with Gasteiger partial charge in [0.2, 0.25) is 0 Å². The van der Waals surface area contributed by atoms with Crippen LogP contribution in [0.4, 0.5) is 0 Å². The number of ether oxygens (including phenoxy) is 1. The number of aryl methyl sites for hydroxylation is 1. The molecule has 78 valence electrons. The van der Waals surface area contributed by atoms with Crippen LogP contribution < -0.4 is 0 Å². The molecule has 0 bridgehead atoms. The van der Waals surface area contributed by atoms with Gasteiger partial charge in [0.05, 0.1) is 21.7 Å². The molecule has 0 radical (unpaired) electrons. The highest BCUT2D eigenvalue weighted by Gasteiger charge is 2.13. The van der Waals surface area contributed by atoms with Crippen LogP contribution in [0.1, 0.15) is 34.2 Å². The monoisotopic (exact) mass is 213 g/mol. The van der Waals surface area contributed by atoms with Crippen LogP contribution in [0, 0.1) is 6.92 Å². The fourth-order valence-corrected chi connectivity index (χ4v) is 2.27. The maximum absolute atomic E-state index is 11.2.